The Balaban J connectivity index is 3.34. The Morgan fingerprint density at radius 2 is 2.12 bits per heavy atom. The highest BCUT2D eigenvalue weighted by Gasteiger charge is 2.22. The van der Waals surface area contributed by atoms with E-state index in [-0.39, 0.29) is 17.1 Å². The van der Waals surface area contributed by atoms with E-state index in [2.05, 4.69) is 9.72 Å². The van der Waals surface area contributed by atoms with Crippen molar-refractivity contribution >= 4 is 11.7 Å². The van der Waals surface area contributed by atoms with Gasteiger partial charge in [0.05, 0.1) is 19.9 Å². The second kappa shape index (κ2) is 4.73. The monoisotopic (exact) mass is 232 g/mol. The van der Waals surface area contributed by atoms with Crippen LogP contribution in [0.25, 0.3) is 0 Å². The van der Waals surface area contributed by atoms with Gasteiger partial charge in [-0.3, -0.25) is 0 Å². The van der Waals surface area contributed by atoms with Gasteiger partial charge in [-0.05, 0) is 6.07 Å². The Kier molecular flexibility index (Phi) is 3.60. The molecule has 0 amide bonds. The molecule has 0 saturated carbocycles. The van der Waals surface area contributed by atoms with Crippen LogP contribution in [0.5, 0.6) is 5.88 Å². The molecule has 0 fully saturated rings. The number of hydrogen-bond acceptors (Lipinski definition) is 5. The molecule has 0 saturated heterocycles. The average Bonchev–Trinajstić information content (AvgIpc) is 2.26. The van der Waals surface area contributed by atoms with Gasteiger partial charge < -0.3 is 15.2 Å². The van der Waals surface area contributed by atoms with E-state index in [9.17, 15) is 13.6 Å². The second-order valence-electron chi connectivity index (χ2n) is 2.81. The number of rotatable bonds is 3. The van der Waals surface area contributed by atoms with Crippen molar-refractivity contribution in [2.24, 2.45) is 0 Å². The topological polar surface area (TPSA) is 74.4 Å². The van der Waals surface area contributed by atoms with Crippen molar-refractivity contribution < 1.29 is 23.0 Å². The second-order valence-corrected chi connectivity index (χ2v) is 2.81. The first-order valence-electron chi connectivity index (χ1n) is 4.22. The third-order valence-electron chi connectivity index (χ3n) is 1.84. The number of nitrogen functional groups attached to an aromatic ring is 1. The number of hydrogen-bond donors (Lipinski definition) is 1. The smallest absolute Gasteiger partial charge is 0.345 e. The zero-order valence-electron chi connectivity index (χ0n) is 8.66. The van der Waals surface area contributed by atoms with Crippen molar-refractivity contribution in [2.75, 3.05) is 20.0 Å². The summed E-state index contributed by atoms with van der Waals surface area (Å²) in [5.74, 6) is -1.06. The lowest BCUT2D eigenvalue weighted by Gasteiger charge is -2.10. The van der Waals surface area contributed by atoms with E-state index in [1.807, 2.05) is 0 Å². The van der Waals surface area contributed by atoms with Crippen LogP contribution in [0.3, 0.4) is 0 Å². The number of esters is 1. The summed E-state index contributed by atoms with van der Waals surface area (Å²) in [6, 6.07) is 0.916. The van der Waals surface area contributed by atoms with Crippen molar-refractivity contribution in [1.82, 2.24) is 4.98 Å². The maximum Gasteiger partial charge on any atom is 0.345 e. The molecule has 0 aliphatic rings. The molecule has 0 radical (unpaired) electrons. The molecule has 5 nitrogen and oxygen atoms in total. The summed E-state index contributed by atoms with van der Waals surface area (Å²) in [6.45, 7) is 0. The molecule has 0 aliphatic heterocycles. The molecule has 1 aromatic heterocycles. The number of nitrogens with two attached hydrogens (primary N) is 1. The Morgan fingerprint density at radius 1 is 1.50 bits per heavy atom. The number of methoxy groups -OCH3 is 2. The molecule has 16 heavy (non-hydrogen) atoms. The molecule has 1 heterocycles. The largest absolute Gasteiger partial charge is 0.480 e. The molecule has 1 aromatic rings. The summed E-state index contributed by atoms with van der Waals surface area (Å²) in [7, 11) is 2.34. The Bertz CT molecular complexity index is 410. The molecular weight excluding hydrogens is 222 g/mol. The lowest BCUT2D eigenvalue weighted by Crippen LogP contribution is -2.11. The van der Waals surface area contributed by atoms with Crippen LogP contribution in [-0.2, 0) is 4.74 Å². The van der Waals surface area contributed by atoms with Gasteiger partial charge in [0.2, 0.25) is 5.88 Å². The molecule has 1 rings (SSSR count). The molecule has 0 spiro atoms. The maximum atomic E-state index is 12.4. The molecule has 0 unspecified atom stereocenters. The number of halogens is 2. The van der Waals surface area contributed by atoms with Crippen LogP contribution in [0.4, 0.5) is 14.5 Å². The highest BCUT2D eigenvalue weighted by atomic mass is 19.3. The fourth-order valence-corrected chi connectivity index (χ4v) is 1.13. The van der Waals surface area contributed by atoms with E-state index in [1.54, 1.807) is 0 Å². The molecule has 0 bridgehead atoms. The minimum absolute atomic E-state index is 0.158. The van der Waals surface area contributed by atoms with Crippen LogP contribution in [0, 0.1) is 0 Å². The SMILES string of the molecule is COC(=O)c1c(N)cc(C(F)F)nc1OC. The molecule has 0 atom stereocenters. The highest BCUT2D eigenvalue weighted by molar-refractivity contribution is 5.97. The van der Waals surface area contributed by atoms with Gasteiger partial charge in [-0.1, -0.05) is 0 Å². The van der Waals surface area contributed by atoms with Crippen molar-refractivity contribution in [1.29, 1.82) is 0 Å². The van der Waals surface area contributed by atoms with Crippen molar-refractivity contribution in [3.05, 3.63) is 17.3 Å². The van der Waals surface area contributed by atoms with Gasteiger partial charge in [0.1, 0.15) is 11.3 Å². The number of pyridine rings is 1. The first-order valence-corrected chi connectivity index (χ1v) is 4.22. The summed E-state index contributed by atoms with van der Waals surface area (Å²) in [5.41, 5.74) is 4.59. The number of alkyl halides is 2. The van der Waals surface area contributed by atoms with E-state index in [4.69, 9.17) is 10.5 Å². The number of ether oxygens (including phenoxy) is 2. The Morgan fingerprint density at radius 3 is 2.56 bits per heavy atom. The highest BCUT2D eigenvalue weighted by Crippen LogP contribution is 2.28. The van der Waals surface area contributed by atoms with Crippen LogP contribution >= 0.6 is 0 Å². The van der Waals surface area contributed by atoms with Crippen LogP contribution in [-0.4, -0.2) is 25.2 Å². The van der Waals surface area contributed by atoms with Crippen LogP contribution < -0.4 is 10.5 Å². The molecule has 0 aliphatic carbocycles. The number of aromatic nitrogens is 1. The van der Waals surface area contributed by atoms with Gasteiger partial charge in [0, 0.05) is 0 Å². The zero-order chi connectivity index (χ0) is 12.3. The number of carbonyl (C=O) groups is 1. The lowest BCUT2D eigenvalue weighted by molar-refractivity contribution is 0.0596. The maximum absolute atomic E-state index is 12.4. The van der Waals surface area contributed by atoms with E-state index < -0.39 is 18.1 Å². The van der Waals surface area contributed by atoms with Gasteiger partial charge in [-0.25, -0.2) is 18.6 Å². The van der Waals surface area contributed by atoms with E-state index in [0.29, 0.717) is 0 Å². The third-order valence-corrected chi connectivity index (χ3v) is 1.84. The predicted molar refractivity (Wildman–Crippen MR) is 51.5 cm³/mol. The van der Waals surface area contributed by atoms with Gasteiger partial charge in [-0.15, -0.1) is 0 Å². The van der Waals surface area contributed by atoms with Gasteiger partial charge in [0.15, 0.2) is 0 Å². The molecule has 7 heteroatoms. The summed E-state index contributed by atoms with van der Waals surface area (Å²) in [5, 5.41) is 0. The Hall–Kier alpha value is -1.92. The molecule has 0 aromatic carbocycles. The first kappa shape index (κ1) is 12.2. The Labute approximate surface area is 90.2 Å². The minimum Gasteiger partial charge on any atom is -0.480 e. The van der Waals surface area contributed by atoms with Crippen molar-refractivity contribution in [2.45, 2.75) is 6.43 Å². The molecular formula is C9H10F2N2O3. The third kappa shape index (κ3) is 2.18. The fraction of sp³-hybridized carbons (Fsp3) is 0.333. The lowest BCUT2D eigenvalue weighted by atomic mass is 10.2. The summed E-state index contributed by atoms with van der Waals surface area (Å²) < 4.78 is 33.9. The van der Waals surface area contributed by atoms with E-state index in [1.165, 1.54) is 7.11 Å². The number of carbonyl (C=O) groups excluding carboxylic acids is 1. The summed E-state index contributed by atoms with van der Waals surface area (Å²) in [6.07, 6.45) is -2.79. The normalized spacial score (nSPS) is 10.3. The predicted octanol–water partition coefficient (Wildman–Crippen LogP) is 1.40. The van der Waals surface area contributed by atoms with Gasteiger partial charge >= 0.3 is 5.97 Å². The molecule has 88 valence electrons. The van der Waals surface area contributed by atoms with Crippen LogP contribution in [0.1, 0.15) is 22.5 Å². The first-order chi connectivity index (χ1) is 7.51. The van der Waals surface area contributed by atoms with Crippen molar-refractivity contribution in [3.8, 4) is 5.88 Å². The van der Waals surface area contributed by atoms with E-state index >= 15 is 0 Å². The quantitative estimate of drug-likeness (QED) is 0.797. The van der Waals surface area contributed by atoms with Crippen molar-refractivity contribution in [3.63, 3.8) is 0 Å². The minimum atomic E-state index is -2.79. The zero-order valence-corrected chi connectivity index (χ0v) is 8.66. The number of anilines is 1. The number of nitrogens with zero attached hydrogens (tertiary/aromatic N) is 1. The van der Waals surface area contributed by atoms with Gasteiger partial charge in [-0.2, -0.15) is 0 Å². The van der Waals surface area contributed by atoms with Crippen LogP contribution in [0.15, 0.2) is 6.07 Å². The summed E-state index contributed by atoms with van der Waals surface area (Å²) >= 11 is 0. The fourth-order valence-electron chi connectivity index (χ4n) is 1.13. The molecule has 2 N–H and O–H groups in total. The average molecular weight is 232 g/mol. The van der Waals surface area contributed by atoms with Gasteiger partial charge in [0.25, 0.3) is 6.43 Å². The van der Waals surface area contributed by atoms with E-state index in [0.717, 1.165) is 13.2 Å². The standard InChI is InChI=1S/C9H10F2N2O3/c1-15-8-6(9(14)16-2)4(12)3-5(13-8)7(10)11/h3,7H,1-2H3,(H2,12,13). The summed E-state index contributed by atoms with van der Waals surface area (Å²) in [4.78, 5) is 14.8. The van der Waals surface area contributed by atoms with Crippen LogP contribution in [0.2, 0.25) is 0 Å².